The van der Waals surface area contributed by atoms with E-state index in [0.717, 1.165) is 0 Å². The van der Waals surface area contributed by atoms with Crippen molar-refractivity contribution >= 4 is 28.0 Å². The van der Waals surface area contributed by atoms with E-state index in [9.17, 15) is 18.0 Å². The summed E-state index contributed by atoms with van der Waals surface area (Å²) in [6.45, 7) is 0.180. The lowest BCUT2D eigenvalue weighted by molar-refractivity contribution is -0.142. The molecule has 0 aliphatic heterocycles. The summed E-state index contributed by atoms with van der Waals surface area (Å²) >= 11 is 0. The molecule has 0 bridgehead atoms. The van der Waals surface area contributed by atoms with Gasteiger partial charge in [-0.05, 0) is 12.8 Å². The summed E-state index contributed by atoms with van der Waals surface area (Å²) in [7, 11) is -4.43. The maximum Gasteiger partial charge on any atom is 0.326 e. The van der Waals surface area contributed by atoms with Crippen LogP contribution in [0.3, 0.4) is 0 Å². The number of amides is 1. The van der Waals surface area contributed by atoms with Crippen LogP contribution in [-0.4, -0.2) is 60.3 Å². The van der Waals surface area contributed by atoms with Gasteiger partial charge in [-0.1, -0.05) is 0 Å². The number of nitrogens with zero attached hydrogens (tertiary/aromatic N) is 1. The van der Waals surface area contributed by atoms with E-state index in [2.05, 4.69) is 10.3 Å². The molecule has 0 radical (unpaired) electrons. The quantitative estimate of drug-likeness (QED) is 0.109. The Morgan fingerprint density at radius 1 is 1.29 bits per heavy atom. The molecular formula is C9H19N5O6S. The lowest BCUT2D eigenvalue weighted by Gasteiger charge is -2.16. The molecule has 0 rings (SSSR count). The van der Waals surface area contributed by atoms with E-state index in [1.165, 1.54) is 0 Å². The number of nitrogens with two attached hydrogens (primary N) is 3. The molecule has 0 fully saturated rings. The van der Waals surface area contributed by atoms with Crippen LogP contribution in [0.1, 0.15) is 12.8 Å². The first-order valence-corrected chi connectivity index (χ1v) is 7.43. The monoisotopic (exact) mass is 325 g/mol. The normalized spacial score (nSPS) is 14.0. The van der Waals surface area contributed by atoms with Gasteiger partial charge < -0.3 is 27.6 Å². The van der Waals surface area contributed by atoms with Crippen molar-refractivity contribution in [2.45, 2.75) is 24.9 Å². The summed E-state index contributed by atoms with van der Waals surface area (Å²) in [5.74, 6) is -3.45. The average Bonchev–Trinajstić information content (AvgIpc) is 2.29. The molecule has 12 heteroatoms. The third-order valence-electron chi connectivity index (χ3n) is 2.29. The van der Waals surface area contributed by atoms with E-state index in [-0.39, 0.29) is 25.3 Å². The van der Waals surface area contributed by atoms with Crippen molar-refractivity contribution in [3.63, 3.8) is 0 Å². The summed E-state index contributed by atoms with van der Waals surface area (Å²) in [5.41, 5.74) is 15.4. The number of aliphatic carboxylic acids is 1. The maximum absolute atomic E-state index is 11.5. The zero-order valence-corrected chi connectivity index (χ0v) is 11.9. The van der Waals surface area contributed by atoms with Gasteiger partial charge in [-0.15, -0.1) is 0 Å². The lowest BCUT2D eigenvalue weighted by Crippen LogP contribution is -2.50. The minimum absolute atomic E-state index is 0.0243. The molecule has 0 saturated carbocycles. The number of nitrogens with one attached hydrogen (secondary N) is 1. The SMILES string of the molecule is NC(N)=NCCC[C@H](NC(=O)[C@@H](N)CS(=O)(=O)O)C(=O)O. The van der Waals surface area contributed by atoms with Crippen molar-refractivity contribution in [3.05, 3.63) is 0 Å². The van der Waals surface area contributed by atoms with E-state index in [0.29, 0.717) is 0 Å². The highest BCUT2D eigenvalue weighted by molar-refractivity contribution is 7.85. The predicted octanol–water partition coefficient (Wildman–Crippen LogP) is -3.18. The number of guanidine groups is 1. The van der Waals surface area contributed by atoms with E-state index < -0.39 is 39.8 Å². The fourth-order valence-electron chi connectivity index (χ4n) is 1.34. The van der Waals surface area contributed by atoms with Crippen LogP contribution >= 0.6 is 0 Å². The van der Waals surface area contributed by atoms with E-state index in [1.807, 2.05) is 0 Å². The van der Waals surface area contributed by atoms with Gasteiger partial charge in [0.2, 0.25) is 5.91 Å². The van der Waals surface area contributed by atoms with Gasteiger partial charge >= 0.3 is 5.97 Å². The molecule has 9 N–H and O–H groups in total. The molecule has 2 atom stereocenters. The van der Waals surface area contributed by atoms with Gasteiger partial charge in [-0.3, -0.25) is 14.3 Å². The van der Waals surface area contributed by atoms with Gasteiger partial charge in [0.15, 0.2) is 5.96 Å². The zero-order valence-electron chi connectivity index (χ0n) is 11.1. The average molecular weight is 325 g/mol. The second-order valence-corrected chi connectivity index (χ2v) is 5.70. The summed E-state index contributed by atoms with van der Waals surface area (Å²) in [4.78, 5) is 26.1. The first kappa shape index (κ1) is 19.1. The minimum atomic E-state index is -4.43. The van der Waals surface area contributed by atoms with Crippen LogP contribution in [0.4, 0.5) is 0 Å². The smallest absolute Gasteiger partial charge is 0.326 e. The molecule has 0 unspecified atom stereocenters. The fourth-order valence-corrected chi connectivity index (χ4v) is 1.95. The molecular weight excluding hydrogens is 306 g/mol. The van der Waals surface area contributed by atoms with Crippen molar-refractivity contribution in [1.82, 2.24) is 5.32 Å². The van der Waals surface area contributed by atoms with Crippen LogP contribution in [0.15, 0.2) is 4.99 Å². The third-order valence-corrected chi connectivity index (χ3v) is 3.07. The highest BCUT2D eigenvalue weighted by atomic mass is 32.2. The zero-order chi connectivity index (χ0) is 16.6. The van der Waals surface area contributed by atoms with Gasteiger partial charge in [-0.25, -0.2) is 4.79 Å². The number of aliphatic imine (C=N–C) groups is 1. The molecule has 21 heavy (non-hydrogen) atoms. The molecule has 122 valence electrons. The molecule has 0 aromatic heterocycles. The number of hydrogen-bond acceptors (Lipinski definition) is 6. The predicted molar refractivity (Wildman–Crippen MR) is 73.9 cm³/mol. The molecule has 0 heterocycles. The Morgan fingerprint density at radius 3 is 2.29 bits per heavy atom. The lowest BCUT2D eigenvalue weighted by atomic mass is 10.1. The fraction of sp³-hybridized carbons (Fsp3) is 0.667. The molecule has 0 spiro atoms. The van der Waals surface area contributed by atoms with Crippen molar-refractivity contribution in [1.29, 1.82) is 0 Å². The number of carboxylic acids is 1. The number of carbonyl (C=O) groups excluding carboxylic acids is 1. The number of hydrogen-bond donors (Lipinski definition) is 6. The van der Waals surface area contributed by atoms with Crippen molar-refractivity contribution in [2.75, 3.05) is 12.3 Å². The van der Waals surface area contributed by atoms with Crippen LogP contribution in [0.25, 0.3) is 0 Å². The van der Waals surface area contributed by atoms with Crippen LogP contribution in [0.5, 0.6) is 0 Å². The Bertz CT molecular complexity index is 501. The van der Waals surface area contributed by atoms with Crippen LogP contribution in [0.2, 0.25) is 0 Å². The summed E-state index contributed by atoms with van der Waals surface area (Å²) in [5, 5.41) is 11.0. The molecule has 0 aliphatic carbocycles. The number of carbonyl (C=O) groups is 2. The maximum atomic E-state index is 11.5. The molecule has 0 aliphatic rings. The Kier molecular flexibility index (Phi) is 7.62. The van der Waals surface area contributed by atoms with Crippen LogP contribution < -0.4 is 22.5 Å². The largest absolute Gasteiger partial charge is 0.480 e. The van der Waals surface area contributed by atoms with Crippen LogP contribution in [-0.2, 0) is 19.7 Å². The molecule has 1 amide bonds. The van der Waals surface area contributed by atoms with Gasteiger partial charge in [0.25, 0.3) is 10.1 Å². The van der Waals surface area contributed by atoms with E-state index >= 15 is 0 Å². The first-order valence-electron chi connectivity index (χ1n) is 5.82. The summed E-state index contributed by atoms with van der Waals surface area (Å²) in [6.07, 6.45) is 0.305. The Morgan fingerprint density at radius 2 is 1.86 bits per heavy atom. The molecule has 0 saturated heterocycles. The molecule has 0 aromatic carbocycles. The van der Waals surface area contributed by atoms with Crippen molar-refractivity contribution < 1.29 is 27.7 Å². The standard InChI is InChI=1S/C9H19N5O6S/c10-5(4-21(18,19)20)7(15)14-6(8(16)17)2-1-3-13-9(11)12/h5-6H,1-4,10H2,(H,14,15)(H,16,17)(H4,11,12,13)(H,18,19,20)/t5-,6-/m0/s1. The highest BCUT2D eigenvalue weighted by Gasteiger charge is 2.25. The van der Waals surface area contributed by atoms with Gasteiger partial charge in [0, 0.05) is 6.54 Å². The van der Waals surface area contributed by atoms with Crippen molar-refractivity contribution in [3.8, 4) is 0 Å². The minimum Gasteiger partial charge on any atom is -0.480 e. The highest BCUT2D eigenvalue weighted by Crippen LogP contribution is 2.00. The molecule has 11 nitrogen and oxygen atoms in total. The third kappa shape index (κ3) is 9.59. The Hall–Kier alpha value is -1.92. The number of carboxylic acid groups (broad SMARTS) is 1. The summed E-state index contributed by atoms with van der Waals surface area (Å²) < 4.78 is 29.7. The van der Waals surface area contributed by atoms with E-state index in [4.69, 9.17) is 26.9 Å². The second-order valence-electron chi connectivity index (χ2n) is 4.20. The topological polar surface area (TPSA) is 211 Å². The second kappa shape index (κ2) is 8.39. The van der Waals surface area contributed by atoms with Gasteiger partial charge in [0.05, 0.1) is 5.75 Å². The first-order chi connectivity index (χ1) is 9.53. The Balaban J connectivity index is 4.46. The van der Waals surface area contributed by atoms with Crippen LogP contribution in [0, 0.1) is 0 Å². The van der Waals surface area contributed by atoms with Gasteiger partial charge in [-0.2, -0.15) is 8.42 Å². The van der Waals surface area contributed by atoms with Crippen molar-refractivity contribution in [2.24, 2.45) is 22.2 Å². The summed E-state index contributed by atoms with van der Waals surface area (Å²) in [6, 6.07) is -2.83. The number of rotatable bonds is 9. The Labute approximate surface area is 121 Å². The molecule has 0 aromatic rings. The van der Waals surface area contributed by atoms with Gasteiger partial charge in [0.1, 0.15) is 12.1 Å². The van der Waals surface area contributed by atoms with E-state index in [1.54, 1.807) is 0 Å².